The zero-order valence-electron chi connectivity index (χ0n) is 18.3. The Labute approximate surface area is 211 Å². The van der Waals surface area contributed by atoms with E-state index in [4.69, 9.17) is 32.4 Å². The Morgan fingerprint density at radius 3 is 2.85 bits per heavy atom. The predicted molar refractivity (Wildman–Crippen MR) is 132 cm³/mol. The van der Waals surface area contributed by atoms with Gasteiger partial charge < -0.3 is 24.7 Å². The van der Waals surface area contributed by atoms with Gasteiger partial charge in [0.2, 0.25) is 5.91 Å². The number of hydrogen-bond donors (Lipinski definition) is 2. The zero-order chi connectivity index (χ0) is 23.9. The van der Waals surface area contributed by atoms with Crippen LogP contribution in [0.4, 0.5) is 10.8 Å². The first-order chi connectivity index (χ1) is 16.5. The second-order valence-electron chi connectivity index (χ2n) is 7.79. The monoisotopic (exact) mass is 522 g/mol. The highest BCUT2D eigenvalue weighted by atomic mass is 35.5. The van der Waals surface area contributed by atoms with E-state index in [1.54, 1.807) is 46.9 Å². The van der Waals surface area contributed by atoms with E-state index in [1.807, 2.05) is 0 Å². The molecule has 34 heavy (non-hydrogen) atoms. The van der Waals surface area contributed by atoms with Gasteiger partial charge in [-0.1, -0.05) is 23.2 Å². The molecule has 0 spiro atoms. The molecule has 3 aromatic rings. The summed E-state index contributed by atoms with van der Waals surface area (Å²) in [6, 6.07) is 8.69. The number of nitrogens with zero attached hydrogens (tertiary/aromatic N) is 2. The summed E-state index contributed by atoms with van der Waals surface area (Å²) in [5.74, 6) is 0.201. The lowest BCUT2D eigenvalue weighted by atomic mass is 10.2. The molecule has 1 aliphatic rings. The van der Waals surface area contributed by atoms with E-state index in [0.29, 0.717) is 33.2 Å². The number of hydrogen-bond acceptors (Lipinski definition) is 7. The number of aromatic nitrogens is 1. The topological polar surface area (TPSA) is 96.7 Å². The van der Waals surface area contributed by atoms with Gasteiger partial charge in [0, 0.05) is 37.2 Å². The molecule has 0 bridgehead atoms. The number of thiazole rings is 1. The first-order valence-corrected chi connectivity index (χ1v) is 12.5. The lowest BCUT2D eigenvalue weighted by molar-refractivity contribution is -0.121. The van der Waals surface area contributed by atoms with Crippen LogP contribution < -0.4 is 10.6 Å². The number of carbonyl (C=O) groups excluding carboxylic acids is 2. The predicted octanol–water partition coefficient (Wildman–Crippen LogP) is 5.11. The number of carbonyl (C=O) groups is 2. The van der Waals surface area contributed by atoms with Crippen LogP contribution in [-0.2, 0) is 16.1 Å². The average molecular weight is 523 g/mol. The molecule has 180 valence electrons. The van der Waals surface area contributed by atoms with Gasteiger partial charge in [0.1, 0.15) is 11.5 Å². The molecule has 1 saturated heterocycles. The molecule has 8 nitrogen and oxygen atoms in total. The van der Waals surface area contributed by atoms with Gasteiger partial charge in [-0.25, -0.2) is 4.98 Å². The maximum atomic E-state index is 13.2. The largest absolute Gasteiger partial charge is 0.467 e. The van der Waals surface area contributed by atoms with Gasteiger partial charge in [-0.15, -0.1) is 11.3 Å². The molecule has 0 unspecified atom stereocenters. The Morgan fingerprint density at radius 2 is 2.12 bits per heavy atom. The number of rotatable bonds is 10. The fourth-order valence-corrected chi connectivity index (χ4v) is 4.49. The van der Waals surface area contributed by atoms with E-state index in [-0.39, 0.29) is 43.1 Å². The Bertz CT molecular complexity index is 1120. The van der Waals surface area contributed by atoms with E-state index in [9.17, 15) is 9.59 Å². The fourth-order valence-electron chi connectivity index (χ4n) is 3.49. The summed E-state index contributed by atoms with van der Waals surface area (Å²) in [5.41, 5.74) is 0.983. The van der Waals surface area contributed by atoms with Crippen molar-refractivity contribution in [2.75, 3.05) is 25.0 Å². The highest BCUT2D eigenvalue weighted by Crippen LogP contribution is 2.28. The maximum Gasteiger partial charge on any atom is 0.273 e. The van der Waals surface area contributed by atoms with Gasteiger partial charge in [-0.2, -0.15) is 0 Å². The van der Waals surface area contributed by atoms with Crippen molar-refractivity contribution in [3.63, 3.8) is 0 Å². The molecule has 1 fully saturated rings. The van der Waals surface area contributed by atoms with Gasteiger partial charge in [-0.05, 0) is 43.2 Å². The Kier molecular flexibility index (Phi) is 8.44. The van der Waals surface area contributed by atoms with Gasteiger partial charge >= 0.3 is 0 Å². The minimum Gasteiger partial charge on any atom is -0.467 e. The number of halogens is 2. The molecule has 2 aromatic heterocycles. The zero-order valence-corrected chi connectivity index (χ0v) is 20.6. The van der Waals surface area contributed by atoms with Crippen LogP contribution in [0, 0.1) is 0 Å². The van der Waals surface area contributed by atoms with Crippen molar-refractivity contribution in [2.24, 2.45) is 0 Å². The summed E-state index contributed by atoms with van der Waals surface area (Å²) in [6.07, 6.45) is 3.75. The summed E-state index contributed by atoms with van der Waals surface area (Å²) in [5, 5.41) is 9.10. The van der Waals surface area contributed by atoms with Gasteiger partial charge in [0.05, 0.1) is 29.0 Å². The Morgan fingerprint density at radius 1 is 1.24 bits per heavy atom. The summed E-state index contributed by atoms with van der Waals surface area (Å²) in [7, 11) is 0. The van der Waals surface area contributed by atoms with Crippen LogP contribution in [0.25, 0.3) is 0 Å². The molecular weight excluding hydrogens is 499 g/mol. The van der Waals surface area contributed by atoms with E-state index >= 15 is 0 Å². The number of nitrogens with one attached hydrogen (secondary N) is 2. The van der Waals surface area contributed by atoms with Gasteiger partial charge in [0.25, 0.3) is 5.91 Å². The average Bonchev–Trinajstić information content (AvgIpc) is 3.60. The summed E-state index contributed by atoms with van der Waals surface area (Å²) >= 11 is 13.3. The lowest BCUT2D eigenvalue weighted by Gasteiger charge is -2.21. The molecule has 2 amide bonds. The number of benzene rings is 1. The van der Waals surface area contributed by atoms with E-state index in [1.165, 1.54) is 11.3 Å². The highest BCUT2D eigenvalue weighted by molar-refractivity contribution is 7.14. The first kappa shape index (κ1) is 24.5. The van der Waals surface area contributed by atoms with Crippen molar-refractivity contribution >= 4 is 57.2 Å². The summed E-state index contributed by atoms with van der Waals surface area (Å²) < 4.78 is 10.9. The molecule has 1 atom stereocenters. The molecule has 11 heteroatoms. The third kappa shape index (κ3) is 6.73. The smallest absolute Gasteiger partial charge is 0.273 e. The molecule has 1 aromatic carbocycles. The molecule has 1 aliphatic heterocycles. The third-order valence-electron chi connectivity index (χ3n) is 5.27. The van der Waals surface area contributed by atoms with Crippen molar-refractivity contribution in [3.05, 3.63) is 63.5 Å². The van der Waals surface area contributed by atoms with Crippen LogP contribution >= 0.6 is 34.5 Å². The van der Waals surface area contributed by atoms with Crippen molar-refractivity contribution in [2.45, 2.75) is 31.9 Å². The lowest BCUT2D eigenvalue weighted by Crippen LogP contribution is -2.37. The SMILES string of the molecule is O=C(CCN(Cc1ccco1)C(=O)c1csc(Nc2ccc(Cl)c(Cl)c2)n1)NC[C@H]1CCCO1. The molecule has 3 heterocycles. The van der Waals surface area contributed by atoms with Crippen molar-refractivity contribution < 1.29 is 18.7 Å². The summed E-state index contributed by atoms with van der Waals surface area (Å²) in [6.45, 7) is 1.68. The highest BCUT2D eigenvalue weighted by Gasteiger charge is 2.22. The molecule has 4 rings (SSSR count). The fraction of sp³-hybridized carbons (Fsp3) is 0.348. The molecule has 0 aliphatic carbocycles. The van der Waals surface area contributed by atoms with E-state index in [2.05, 4.69) is 15.6 Å². The third-order valence-corrected chi connectivity index (χ3v) is 6.76. The maximum absolute atomic E-state index is 13.2. The molecule has 2 N–H and O–H groups in total. The minimum atomic E-state index is -0.290. The standard InChI is InChI=1S/C23H24Cl2N4O4S/c24-18-6-5-15(11-19(18)25)27-23-28-20(14-34-23)22(31)29(13-17-4-2-10-33-17)8-7-21(30)26-12-16-3-1-9-32-16/h2,4-6,10-11,14,16H,1,3,7-9,12-13H2,(H,26,30)(H,27,28)/t16-/m1/s1. The number of anilines is 2. The van der Waals surface area contributed by atoms with Crippen molar-refractivity contribution in [1.29, 1.82) is 0 Å². The minimum absolute atomic E-state index is 0.0706. The Hall–Kier alpha value is -2.59. The molecule has 0 radical (unpaired) electrons. The molecular formula is C23H24Cl2N4O4S. The normalized spacial score (nSPS) is 15.3. The van der Waals surface area contributed by atoms with Crippen molar-refractivity contribution in [3.8, 4) is 0 Å². The quantitative estimate of drug-likeness (QED) is 0.383. The van der Waals surface area contributed by atoms with Gasteiger partial charge in [-0.3, -0.25) is 9.59 Å². The van der Waals surface area contributed by atoms with E-state index in [0.717, 1.165) is 19.4 Å². The van der Waals surface area contributed by atoms with Crippen LogP contribution in [0.5, 0.6) is 0 Å². The van der Waals surface area contributed by atoms with Crippen LogP contribution in [-0.4, -0.2) is 47.5 Å². The van der Waals surface area contributed by atoms with E-state index < -0.39 is 0 Å². The van der Waals surface area contributed by atoms with Crippen LogP contribution in [0.3, 0.4) is 0 Å². The van der Waals surface area contributed by atoms with Crippen LogP contribution in [0.1, 0.15) is 35.5 Å². The number of ether oxygens (including phenoxy) is 1. The number of furan rings is 1. The number of amides is 2. The summed E-state index contributed by atoms with van der Waals surface area (Å²) in [4.78, 5) is 31.6. The second-order valence-corrected chi connectivity index (χ2v) is 9.46. The van der Waals surface area contributed by atoms with Crippen LogP contribution in [0.2, 0.25) is 10.0 Å². The second kappa shape index (κ2) is 11.7. The van der Waals surface area contributed by atoms with Crippen LogP contribution in [0.15, 0.2) is 46.4 Å². The first-order valence-electron chi connectivity index (χ1n) is 10.9. The molecule has 0 saturated carbocycles. The van der Waals surface area contributed by atoms with Gasteiger partial charge in [0.15, 0.2) is 5.13 Å². The van der Waals surface area contributed by atoms with Crippen molar-refractivity contribution in [1.82, 2.24) is 15.2 Å². The Balaban J connectivity index is 1.38.